The highest BCUT2D eigenvalue weighted by atomic mass is 16.8. The van der Waals surface area contributed by atoms with E-state index in [0.29, 0.717) is 17.8 Å². The number of rotatable bonds is 3. The van der Waals surface area contributed by atoms with Crippen LogP contribution in [0.4, 0.5) is 0 Å². The number of ether oxygens (including phenoxy) is 4. The fraction of sp³-hybridized carbons (Fsp3) is 0.943. The molecule has 5 aliphatic carbocycles. The van der Waals surface area contributed by atoms with Crippen molar-refractivity contribution in [2.45, 2.75) is 148 Å². The molecule has 17 atom stereocenters. The second kappa shape index (κ2) is 8.85. The van der Waals surface area contributed by atoms with E-state index in [1.165, 1.54) is 12.8 Å². The Morgan fingerprint density at radius 1 is 0.884 bits per heavy atom. The molecule has 0 amide bonds. The van der Waals surface area contributed by atoms with Gasteiger partial charge in [0.25, 0.3) is 0 Å². The predicted molar refractivity (Wildman–Crippen MR) is 157 cm³/mol. The van der Waals surface area contributed by atoms with E-state index in [4.69, 9.17) is 18.9 Å². The van der Waals surface area contributed by atoms with Gasteiger partial charge in [-0.15, -0.1) is 0 Å². The minimum Gasteiger partial charge on any atom is -0.388 e. The first kappa shape index (κ1) is 29.8. The minimum absolute atomic E-state index is 0.0326. The number of aliphatic hydroxyl groups excluding tert-OH is 4. The topological polar surface area (TPSA) is 118 Å². The van der Waals surface area contributed by atoms with Crippen LogP contribution in [0, 0.1) is 50.7 Å². The van der Waals surface area contributed by atoms with Gasteiger partial charge in [0.1, 0.15) is 30.5 Å². The zero-order valence-electron chi connectivity index (χ0n) is 26.9. The van der Waals surface area contributed by atoms with E-state index < -0.39 is 36.5 Å². The van der Waals surface area contributed by atoms with Gasteiger partial charge in [-0.1, -0.05) is 41.2 Å². The van der Waals surface area contributed by atoms with Gasteiger partial charge < -0.3 is 39.4 Å². The summed E-state index contributed by atoms with van der Waals surface area (Å²) in [5.41, 5.74) is 0.877. The van der Waals surface area contributed by atoms with Crippen molar-refractivity contribution in [1.29, 1.82) is 0 Å². The lowest BCUT2D eigenvalue weighted by atomic mass is 9.41. The first-order valence-electron chi connectivity index (χ1n) is 17.1. The van der Waals surface area contributed by atoms with Gasteiger partial charge in [-0.05, 0) is 103 Å². The fourth-order valence-electron chi connectivity index (χ4n) is 13.8. The molecular weight excluding hydrogens is 548 g/mol. The second-order valence-corrected chi connectivity index (χ2v) is 17.5. The van der Waals surface area contributed by atoms with Crippen LogP contribution in [0.15, 0.2) is 12.2 Å². The molecule has 1 unspecified atom stereocenters. The summed E-state index contributed by atoms with van der Waals surface area (Å²) >= 11 is 0. The van der Waals surface area contributed by atoms with Crippen molar-refractivity contribution in [2.24, 2.45) is 50.7 Å². The molecule has 8 rings (SSSR count). The van der Waals surface area contributed by atoms with Gasteiger partial charge in [-0.2, -0.15) is 0 Å². The maximum absolute atomic E-state index is 12.6. The molecule has 0 aromatic rings. The molecule has 8 nitrogen and oxygen atoms in total. The lowest BCUT2D eigenvalue weighted by Crippen LogP contribution is -2.61. The summed E-state index contributed by atoms with van der Waals surface area (Å²) < 4.78 is 25.9. The van der Waals surface area contributed by atoms with Crippen molar-refractivity contribution in [3.05, 3.63) is 12.2 Å². The SMILES string of the molecule is C=C(C)C1O[C@@]23O[C@@H]1C[C@@H](C)[C@@H]2[C@@]1(C)CC[C@@]24C[C@@]25CC[C@H](O[C@@H]2OC[C@@H](O)[C@H](O)[C@H]2O)C(C)(C)[C@@H]5CC[C@H]4[C@]1(C)[C@H]3O. The first-order valence-corrected chi connectivity index (χ1v) is 17.1. The van der Waals surface area contributed by atoms with Crippen molar-refractivity contribution in [3.63, 3.8) is 0 Å². The third-order valence-electron chi connectivity index (χ3n) is 15.7. The van der Waals surface area contributed by atoms with E-state index in [9.17, 15) is 20.4 Å². The normalized spacial score (nSPS) is 62.8. The Bertz CT molecular complexity index is 1210. The van der Waals surface area contributed by atoms with Crippen molar-refractivity contribution < 1.29 is 39.4 Å². The van der Waals surface area contributed by atoms with Gasteiger partial charge in [0, 0.05) is 11.3 Å². The van der Waals surface area contributed by atoms with E-state index in [1.807, 2.05) is 6.92 Å². The molecule has 3 aliphatic heterocycles. The summed E-state index contributed by atoms with van der Waals surface area (Å²) in [6.07, 6.45) is 2.97. The second-order valence-electron chi connectivity index (χ2n) is 17.5. The third kappa shape index (κ3) is 3.26. The molecule has 3 spiro atoms. The van der Waals surface area contributed by atoms with Gasteiger partial charge >= 0.3 is 0 Å². The third-order valence-corrected chi connectivity index (χ3v) is 15.7. The number of hydrogen-bond acceptors (Lipinski definition) is 8. The Balaban J connectivity index is 1.10. The molecule has 0 radical (unpaired) electrons. The maximum atomic E-state index is 12.6. The highest BCUT2D eigenvalue weighted by molar-refractivity contribution is 5.34. The molecule has 3 saturated heterocycles. The van der Waals surface area contributed by atoms with Crippen LogP contribution >= 0.6 is 0 Å². The smallest absolute Gasteiger partial charge is 0.199 e. The molecule has 3 heterocycles. The molecule has 43 heavy (non-hydrogen) atoms. The summed E-state index contributed by atoms with van der Waals surface area (Å²) in [4.78, 5) is 0. The molecule has 0 aromatic carbocycles. The monoisotopic (exact) mass is 602 g/mol. The summed E-state index contributed by atoms with van der Waals surface area (Å²) in [6.45, 7) is 18.1. The summed E-state index contributed by atoms with van der Waals surface area (Å²) in [5, 5.41) is 43.4. The van der Waals surface area contributed by atoms with E-state index in [2.05, 4.69) is 41.2 Å². The Hall–Kier alpha value is -0.580. The molecule has 4 N–H and O–H groups in total. The molecule has 2 bridgehead atoms. The fourth-order valence-corrected chi connectivity index (χ4v) is 13.8. The standard InChI is InChI=1S/C35H54O8/c1-17(2)26-20-14-18(3)27-31(6)12-13-34-16-33(34)11-10-23(41-28-25(38)24(37)19(36)15-40-28)30(4,5)21(33)8-9-22(34)32(31,7)29(39)35(27,42-20)43-26/h18-29,36-39H,1,8-16H2,2-7H3/t18-,19-,20-,21+,22+,23+,24+,25-,26?,27-,28+,29-,31-,32-,33-,34+,35+/m1/s1. The van der Waals surface area contributed by atoms with Crippen LogP contribution in [0.1, 0.15) is 92.9 Å². The number of fused-ring (bicyclic) bond motifs is 4. The van der Waals surface area contributed by atoms with Crippen LogP contribution in [-0.4, -0.2) is 81.8 Å². The van der Waals surface area contributed by atoms with Crippen LogP contribution in [0.25, 0.3) is 0 Å². The van der Waals surface area contributed by atoms with E-state index in [0.717, 1.165) is 44.1 Å². The Morgan fingerprint density at radius 2 is 1.58 bits per heavy atom. The van der Waals surface area contributed by atoms with Crippen molar-refractivity contribution in [3.8, 4) is 0 Å². The molecular formula is C35H54O8. The van der Waals surface area contributed by atoms with Crippen LogP contribution < -0.4 is 0 Å². The molecule has 0 aromatic heterocycles. The van der Waals surface area contributed by atoms with E-state index >= 15 is 0 Å². The van der Waals surface area contributed by atoms with Crippen LogP contribution in [0.2, 0.25) is 0 Å². The summed E-state index contributed by atoms with van der Waals surface area (Å²) in [5.74, 6) is 0.477. The average molecular weight is 603 g/mol. The van der Waals surface area contributed by atoms with Gasteiger partial charge in [0.05, 0.1) is 18.8 Å². The quantitative estimate of drug-likeness (QED) is 0.284. The minimum atomic E-state index is -1.27. The lowest BCUT2D eigenvalue weighted by molar-refractivity contribution is -0.303. The van der Waals surface area contributed by atoms with E-state index in [1.54, 1.807) is 0 Å². The maximum Gasteiger partial charge on any atom is 0.199 e. The van der Waals surface area contributed by atoms with Crippen molar-refractivity contribution in [1.82, 2.24) is 0 Å². The van der Waals surface area contributed by atoms with Crippen molar-refractivity contribution >= 4 is 0 Å². The van der Waals surface area contributed by atoms with Crippen molar-refractivity contribution in [2.75, 3.05) is 6.61 Å². The lowest BCUT2D eigenvalue weighted by Gasteiger charge is -2.63. The number of aliphatic hydroxyl groups is 4. The Labute approximate surface area is 256 Å². The zero-order chi connectivity index (χ0) is 30.7. The molecule has 8 fully saturated rings. The zero-order valence-corrected chi connectivity index (χ0v) is 26.9. The Kier molecular flexibility index (Phi) is 6.14. The van der Waals surface area contributed by atoms with Crippen LogP contribution in [0.5, 0.6) is 0 Å². The van der Waals surface area contributed by atoms with Crippen LogP contribution in [0.3, 0.4) is 0 Å². The molecule has 8 heteroatoms. The van der Waals surface area contributed by atoms with Crippen LogP contribution in [-0.2, 0) is 18.9 Å². The summed E-state index contributed by atoms with van der Waals surface area (Å²) in [7, 11) is 0. The van der Waals surface area contributed by atoms with E-state index in [-0.39, 0.29) is 57.9 Å². The predicted octanol–water partition coefficient (Wildman–Crippen LogP) is 3.93. The molecule has 8 aliphatic rings. The van der Waals surface area contributed by atoms with Gasteiger partial charge in [0.15, 0.2) is 12.1 Å². The number of hydrogen-bond donors (Lipinski definition) is 4. The summed E-state index contributed by atoms with van der Waals surface area (Å²) in [6, 6.07) is 0. The van der Waals surface area contributed by atoms with Gasteiger partial charge in [-0.25, -0.2) is 0 Å². The average Bonchev–Trinajstić information content (AvgIpc) is 3.46. The molecule has 242 valence electrons. The highest BCUT2D eigenvalue weighted by Gasteiger charge is 2.88. The van der Waals surface area contributed by atoms with Gasteiger partial charge in [-0.3, -0.25) is 0 Å². The highest BCUT2D eigenvalue weighted by Crippen LogP contribution is 2.90. The Morgan fingerprint density at radius 3 is 2.30 bits per heavy atom. The molecule has 5 saturated carbocycles. The first-order chi connectivity index (χ1) is 20.1. The van der Waals surface area contributed by atoms with Gasteiger partial charge in [0.2, 0.25) is 0 Å². The largest absolute Gasteiger partial charge is 0.388 e.